The highest BCUT2D eigenvalue weighted by Gasteiger charge is 2.20. The van der Waals surface area contributed by atoms with Gasteiger partial charge in [0.25, 0.3) is 0 Å². The van der Waals surface area contributed by atoms with Gasteiger partial charge < -0.3 is 10.2 Å². The van der Waals surface area contributed by atoms with E-state index in [0.717, 1.165) is 5.75 Å². The van der Waals surface area contributed by atoms with Gasteiger partial charge in [-0.15, -0.1) is 11.8 Å². The van der Waals surface area contributed by atoms with Gasteiger partial charge in [-0.1, -0.05) is 48.2 Å². The van der Waals surface area contributed by atoms with Crippen LogP contribution in [0.5, 0.6) is 0 Å². The van der Waals surface area contributed by atoms with Crippen LogP contribution in [0.3, 0.4) is 0 Å². The molecule has 0 amide bonds. The molecule has 0 radical (unpaired) electrons. The van der Waals surface area contributed by atoms with Crippen molar-refractivity contribution in [2.24, 2.45) is 0 Å². The van der Waals surface area contributed by atoms with Crippen molar-refractivity contribution in [3.05, 3.63) is 71.8 Å². The van der Waals surface area contributed by atoms with E-state index in [4.69, 9.17) is 0 Å². The zero-order chi connectivity index (χ0) is 16.1. The summed E-state index contributed by atoms with van der Waals surface area (Å²) in [5.74, 6) is 0.962. The molecule has 0 atom stereocenters. The number of allylic oxidation sites excluding steroid dienone is 2. The molecule has 2 nitrogen and oxygen atoms in total. The van der Waals surface area contributed by atoms with Crippen LogP contribution in [-0.4, -0.2) is 19.8 Å². The maximum atomic E-state index is 3.23. The molecule has 2 aromatic rings. The molecule has 1 aliphatic rings. The van der Waals surface area contributed by atoms with Crippen molar-refractivity contribution in [3.8, 4) is 0 Å². The second kappa shape index (κ2) is 7.66. The minimum Gasteiger partial charge on any atom is -0.387 e. The Morgan fingerprint density at radius 2 is 1.91 bits per heavy atom. The van der Waals surface area contributed by atoms with Gasteiger partial charge in [0.05, 0.1) is 10.7 Å². The van der Waals surface area contributed by atoms with Gasteiger partial charge in [-0.25, -0.2) is 0 Å². The van der Waals surface area contributed by atoms with Crippen LogP contribution in [0.15, 0.2) is 81.6 Å². The molecule has 0 unspecified atom stereocenters. The molecule has 0 saturated heterocycles. The summed E-state index contributed by atoms with van der Waals surface area (Å²) >= 11 is 3.67. The Morgan fingerprint density at radius 1 is 1.13 bits per heavy atom. The Bertz CT molecular complexity index is 738. The van der Waals surface area contributed by atoms with Crippen LogP contribution < -0.4 is 10.2 Å². The number of para-hydroxylation sites is 2. The maximum Gasteiger partial charge on any atom is 0.0798 e. The third kappa shape index (κ3) is 3.77. The van der Waals surface area contributed by atoms with E-state index in [1.807, 2.05) is 30.6 Å². The van der Waals surface area contributed by atoms with Crippen molar-refractivity contribution in [1.29, 1.82) is 0 Å². The van der Waals surface area contributed by atoms with Gasteiger partial charge in [-0.05, 0) is 30.3 Å². The quantitative estimate of drug-likeness (QED) is 0.727. The number of nitrogens with one attached hydrogen (secondary N) is 1. The summed E-state index contributed by atoms with van der Waals surface area (Å²) in [6.07, 6.45) is 6.55. The number of anilines is 2. The minimum absolute atomic E-state index is 0.962. The highest BCUT2D eigenvalue weighted by Crippen LogP contribution is 2.44. The Labute approximate surface area is 146 Å². The first-order chi connectivity index (χ1) is 11.3. The molecule has 1 aliphatic heterocycles. The van der Waals surface area contributed by atoms with E-state index in [2.05, 4.69) is 84.0 Å². The molecule has 0 fully saturated rings. The topological polar surface area (TPSA) is 15.3 Å². The molecule has 0 spiro atoms. The fraction of sp³-hybridized carbons (Fsp3) is 0.158. The van der Waals surface area contributed by atoms with Gasteiger partial charge >= 0.3 is 0 Å². The van der Waals surface area contributed by atoms with Crippen molar-refractivity contribution in [3.63, 3.8) is 0 Å². The van der Waals surface area contributed by atoms with Gasteiger partial charge in [0.2, 0.25) is 0 Å². The van der Waals surface area contributed by atoms with Crippen molar-refractivity contribution in [2.45, 2.75) is 9.79 Å². The fourth-order valence-corrected chi connectivity index (χ4v) is 4.36. The number of thioether (sulfide) groups is 2. The molecule has 3 rings (SSSR count). The Kier molecular flexibility index (Phi) is 5.36. The van der Waals surface area contributed by atoms with Crippen molar-refractivity contribution < 1.29 is 0 Å². The van der Waals surface area contributed by atoms with Gasteiger partial charge in [0.15, 0.2) is 0 Å². The van der Waals surface area contributed by atoms with Crippen LogP contribution in [-0.2, 0) is 0 Å². The summed E-state index contributed by atoms with van der Waals surface area (Å²) in [7, 11) is 4.08. The molecule has 0 aromatic heterocycles. The smallest absolute Gasteiger partial charge is 0.0798 e. The first-order valence-corrected chi connectivity index (χ1v) is 9.37. The summed E-state index contributed by atoms with van der Waals surface area (Å²) in [5.41, 5.74) is 2.47. The molecule has 0 bridgehead atoms. The van der Waals surface area contributed by atoms with Crippen LogP contribution >= 0.6 is 23.5 Å². The van der Waals surface area contributed by atoms with E-state index in [1.165, 1.54) is 26.2 Å². The molecule has 1 N–H and O–H groups in total. The van der Waals surface area contributed by atoms with Gasteiger partial charge in [-0.2, -0.15) is 0 Å². The average molecular weight is 341 g/mol. The van der Waals surface area contributed by atoms with Crippen LogP contribution in [0.1, 0.15) is 0 Å². The van der Waals surface area contributed by atoms with E-state index in [0.29, 0.717) is 0 Å². The zero-order valence-electron chi connectivity index (χ0n) is 13.3. The molecular weight excluding hydrogens is 320 g/mol. The zero-order valence-corrected chi connectivity index (χ0v) is 15.0. The van der Waals surface area contributed by atoms with Crippen molar-refractivity contribution in [1.82, 2.24) is 0 Å². The molecule has 0 aliphatic carbocycles. The standard InChI is InChI=1S/C19H20N2S2/c1-20-15-9-3-5-11-17(15)22-14-8-7-13-19-21(2)16-10-4-6-12-18(16)23-19/h3-13,20H,14H2,1-2H3/b8-7+,19-13+. The lowest BCUT2D eigenvalue weighted by Crippen LogP contribution is -2.08. The van der Waals surface area contributed by atoms with Gasteiger partial charge in [0, 0.05) is 35.3 Å². The predicted molar refractivity (Wildman–Crippen MR) is 105 cm³/mol. The number of fused-ring (bicyclic) bond motifs is 1. The number of hydrogen-bond donors (Lipinski definition) is 1. The summed E-state index contributed by atoms with van der Waals surface area (Å²) in [4.78, 5) is 4.85. The first-order valence-electron chi connectivity index (χ1n) is 7.56. The fourth-order valence-electron chi connectivity index (χ4n) is 2.41. The largest absolute Gasteiger partial charge is 0.387 e. The number of benzene rings is 2. The summed E-state index contributed by atoms with van der Waals surface area (Å²) in [5, 5.41) is 4.50. The highest BCUT2D eigenvalue weighted by molar-refractivity contribution is 8.03. The van der Waals surface area contributed by atoms with Crippen molar-refractivity contribution in [2.75, 3.05) is 30.1 Å². The molecule has 2 aromatic carbocycles. The van der Waals surface area contributed by atoms with E-state index in [1.54, 1.807) is 0 Å². The molecule has 118 valence electrons. The third-order valence-electron chi connectivity index (χ3n) is 3.64. The highest BCUT2D eigenvalue weighted by atomic mass is 32.2. The Hall–Kier alpha value is -1.78. The number of hydrogen-bond acceptors (Lipinski definition) is 4. The number of rotatable bonds is 5. The van der Waals surface area contributed by atoms with Crippen LogP contribution in [0.25, 0.3) is 0 Å². The van der Waals surface area contributed by atoms with Crippen LogP contribution in [0.2, 0.25) is 0 Å². The van der Waals surface area contributed by atoms with E-state index in [9.17, 15) is 0 Å². The second-order valence-corrected chi connectivity index (χ2v) is 7.24. The average Bonchev–Trinajstić information content (AvgIpc) is 2.91. The minimum atomic E-state index is 0.962. The van der Waals surface area contributed by atoms with Crippen LogP contribution in [0.4, 0.5) is 11.4 Å². The third-order valence-corrected chi connectivity index (χ3v) is 5.85. The van der Waals surface area contributed by atoms with E-state index in [-0.39, 0.29) is 0 Å². The first kappa shape index (κ1) is 16.1. The Morgan fingerprint density at radius 3 is 2.74 bits per heavy atom. The summed E-state index contributed by atoms with van der Waals surface area (Å²) in [6.45, 7) is 0. The maximum absolute atomic E-state index is 3.23. The summed E-state index contributed by atoms with van der Waals surface area (Å²) < 4.78 is 0. The normalized spacial score (nSPS) is 15.4. The molecule has 4 heteroatoms. The molecule has 0 saturated carbocycles. The lowest BCUT2D eigenvalue weighted by molar-refractivity contribution is 1.17. The molecule has 23 heavy (non-hydrogen) atoms. The Balaban J connectivity index is 1.58. The van der Waals surface area contributed by atoms with Gasteiger partial charge in [-0.3, -0.25) is 0 Å². The molecular formula is C19H20N2S2. The van der Waals surface area contributed by atoms with Crippen molar-refractivity contribution >= 4 is 34.9 Å². The predicted octanol–water partition coefficient (Wildman–Crippen LogP) is 5.46. The lowest BCUT2D eigenvalue weighted by atomic mass is 10.3. The lowest BCUT2D eigenvalue weighted by Gasteiger charge is -2.12. The van der Waals surface area contributed by atoms with E-state index >= 15 is 0 Å². The number of nitrogens with zero attached hydrogens (tertiary/aromatic N) is 1. The van der Waals surface area contributed by atoms with Crippen LogP contribution in [0, 0.1) is 0 Å². The summed E-state index contributed by atoms with van der Waals surface area (Å²) in [6, 6.07) is 16.9. The monoisotopic (exact) mass is 340 g/mol. The second-order valence-electron chi connectivity index (χ2n) is 5.12. The van der Waals surface area contributed by atoms with E-state index < -0.39 is 0 Å². The van der Waals surface area contributed by atoms with Gasteiger partial charge in [0.1, 0.15) is 0 Å². The SMILES string of the molecule is CNc1ccccc1SC/C=C/C=C1/Sc2ccccc2N1C. The molecule has 1 heterocycles.